The summed E-state index contributed by atoms with van der Waals surface area (Å²) in [6.07, 6.45) is 5.24. The smallest absolute Gasteiger partial charge is 0.253 e. The van der Waals surface area contributed by atoms with E-state index < -0.39 is 11.9 Å². The summed E-state index contributed by atoms with van der Waals surface area (Å²) in [6.45, 7) is 3.85. The van der Waals surface area contributed by atoms with E-state index >= 15 is 0 Å². The molecule has 1 atom stereocenters. The SMILES string of the molecule is C[B]n1ccc(C(=O)NC(COC)C(=O)Nc2nc(-c3cccc(-c4ccnc(C)c4)c3)cs2)c1. The van der Waals surface area contributed by atoms with Gasteiger partial charge >= 0.3 is 0 Å². The van der Waals surface area contributed by atoms with Crippen LogP contribution in [0, 0.1) is 6.92 Å². The van der Waals surface area contributed by atoms with Gasteiger partial charge in [0.2, 0.25) is 7.41 Å². The highest BCUT2D eigenvalue weighted by Crippen LogP contribution is 2.29. The van der Waals surface area contributed by atoms with Gasteiger partial charge in [0.25, 0.3) is 11.8 Å². The lowest BCUT2D eigenvalue weighted by molar-refractivity contribution is -0.119. The molecule has 10 heteroatoms. The molecule has 1 radical (unpaired) electrons. The standard InChI is InChI=1S/C25H25BN5O3S/c1-16-11-18(7-9-27-16)17-5-4-6-19(12-17)22-15-35-25(29-22)30-24(33)21(14-34-3)28-23(32)20-8-10-31(13-20)26-2/h4-13,15,21H,14H2,1-3H3,(H,28,32)(H,29,30,33). The van der Waals surface area contributed by atoms with Gasteiger partial charge in [0.15, 0.2) is 5.13 Å². The molecule has 3 aromatic heterocycles. The number of amides is 2. The molecule has 0 saturated carbocycles. The number of aromatic nitrogens is 3. The second-order valence-electron chi connectivity index (χ2n) is 7.88. The van der Waals surface area contributed by atoms with Gasteiger partial charge < -0.3 is 19.8 Å². The van der Waals surface area contributed by atoms with Crippen LogP contribution >= 0.6 is 11.3 Å². The molecular formula is C25H25BN5O3S. The third kappa shape index (κ3) is 6.03. The molecule has 0 fully saturated rings. The van der Waals surface area contributed by atoms with Crippen molar-refractivity contribution in [3.63, 3.8) is 0 Å². The van der Waals surface area contributed by atoms with E-state index in [4.69, 9.17) is 4.74 Å². The Kier molecular flexibility index (Phi) is 7.74. The zero-order valence-electron chi connectivity index (χ0n) is 19.7. The largest absolute Gasteiger partial charge is 0.402 e. The number of pyridine rings is 1. The summed E-state index contributed by atoms with van der Waals surface area (Å²) in [5.41, 5.74) is 5.23. The van der Waals surface area contributed by atoms with Crippen LogP contribution in [0.3, 0.4) is 0 Å². The van der Waals surface area contributed by atoms with Gasteiger partial charge in [-0.05, 0) is 48.5 Å². The molecule has 4 rings (SSSR count). The molecule has 0 saturated heterocycles. The van der Waals surface area contributed by atoms with Gasteiger partial charge in [-0.15, -0.1) is 11.3 Å². The van der Waals surface area contributed by atoms with Crippen molar-refractivity contribution in [1.82, 2.24) is 19.8 Å². The average molecular weight is 486 g/mol. The van der Waals surface area contributed by atoms with E-state index in [-0.39, 0.29) is 12.5 Å². The van der Waals surface area contributed by atoms with Gasteiger partial charge in [-0.2, -0.15) is 0 Å². The number of carbonyl (C=O) groups is 2. The monoisotopic (exact) mass is 486 g/mol. The minimum absolute atomic E-state index is 0.0316. The summed E-state index contributed by atoms with van der Waals surface area (Å²) in [5, 5.41) is 7.86. The van der Waals surface area contributed by atoms with Crippen LogP contribution in [0.2, 0.25) is 6.82 Å². The Labute approximate surface area is 208 Å². The first-order valence-corrected chi connectivity index (χ1v) is 11.9. The van der Waals surface area contributed by atoms with Gasteiger partial charge in [-0.1, -0.05) is 25.0 Å². The van der Waals surface area contributed by atoms with Crippen LogP contribution in [-0.4, -0.2) is 53.4 Å². The number of ether oxygens (including phenoxy) is 1. The maximum atomic E-state index is 12.9. The van der Waals surface area contributed by atoms with Crippen LogP contribution in [0.25, 0.3) is 22.4 Å². The molecule has 4 aromatic rings. The molecule has 1 unspecified atom stereocenters. The minimum atomic E-state index is -0.868. The molecule has 35 heavy (non-hydrogen) atoms. The maximum absolute atomic E-state index is 12.9. The number of hydrogen-bond donors (Lipinski definition) is 2. The third-order valence-corrected chi connectivity index (χ3v) is 6.11. The molecule has 0 aliphatic heterocycles. The highest BCUT2D eigenvalue weighted by atomic mass is 32.1. The van der Waals surface area contributed by atoms with Crippen LogP contribution < -0.4 is 10.6 Å². The van der Waals surface area contributed by atoms with Crippen molar-refractivity contribution >= 4 is 35.7 Å². The molecule has 3 heterocycles. The van der Waals surface area contributed by atoms with Crippen LogP contribution in [0.15, 0.2) is 66.4 Å². The first kappa shape index (κ1) is 24.4. The number of anilines is 1. The van der Waals surface area contributed by atoms with Crippen molar-refractivity contribution in [2.24, 2.45) is 0 Å². The first-order chi connectivity index (χ1) is 17.0. The summed E-state index contributed by atoms with van der Waals surface area (Å²) in [6, 6.07) is 12.9. The molecule has 177 valence electrons. The number of hydrogen-bond acceptors (Lipinski definition) is 6. The Balaban J connectivity index is 1.45. The normalized spacial score (nSPS) is 11.6. The number of thiazole rings is 1. The van der Waals surface area contributed by atoms with Crippen molar-refractivity contribution in [3.8, 4) is 22.4 Å². The fourth-order valence-electron chi connectivity index (χ4n) is 3.54. The Bertz CT molecular complexity index is 1340. The molecular weight excluding hydrogens is 461 g/mol. The molecule has 0 spiro atoms. The van der Waals surface area contributed by atoms with Crippen molar-refractivity contribution < 1.29 is 14.3 Å². The lowest BCUT2D eigenvalue weighted by Gasteiger charge is -2.16. The van der Waals surface area contributed by atoms with Gasteiger partial charge in [0.1, 0.15) is 6.04 Å². The van der Waals surface area contributed by atoms with E-state index in [0.717, 1.165) is 28.1 Å². The summed E-state index contributed by atoms with van der Waals surface area (Å²) < 4.78 is 6.92. The quantitative estimate of drug-likeness (QED) is 0.350. The minimum Gasteiger partial charge on any atom is -0.402 e. The Morgan fingerprint density at radius 2 is 1.97 bits per heavy atom. The number of benzene rings is 1. The molecule has 2 amide bonds. The Hall–Kier alpha value is -3.76. The topological polar surface area (TPSA) is 98.1 Å². The van der Waals surface area contributed by atoms with Crippen LogP contribution in [0.5, 0.6) is 0 Å². The van der Waals surface area contributed by atoms with Crippen molar-refractivity contribution in [1.29, 1.82) is 0 Å². The van der Waals surface area contributed by atoms with Gasteiger partial charge in [-0.25, -0.2) is 4.98 Å². The van der Waals surface area contributed by atoms with Gasteiger partial charge in [0, 0.05) is 36.1 Å². The number of rotatable bonds is 9. The second kappa shape index (κ2) is 11.1. The lowest BCUT2D eigenvalue weighted by atomic mass is 10.0. The van der Waals surface area contributed by atoms with E-state index in [0.29, 0.717) is 10.7 Å². The summed E-state index contributed by atoms with van der Waals surface area (Å²) >= 11 is 1.32. The molecule has 0 aliphatic carbocycles. The highest BCUT2D eigenvalue weighted by Gasteiger charge is 2.23. The highest BCUT2D eigenvalue weighted by molar-refractivity contribution is 7.14. The predicted octanol–water partition coefficient (Wildman–Crippen LogP) is 3.88. The van der Waals surface area contributed by atoms with E-state index in [2.05, 4.69) is 26.7 Å². The third-order valence-electron chi connectivity index (χ3n) is 5.35. The molecule has 2 N–H and O–H groups in total. The molecule has 1 aromatic carbocycles. The van der Waals surface area contributed by atoms with Gasteiger partial charge in [-0.3, -0.25) is 14.6 Å². The van der Waals surface area contributed by atoms with E-state index in [9.17, 15) is 9.59 Å². The number of carbonyl (C=O) groups excluding carboxylic acids is 2. The molecule has 0 bridgehead atoms. The van der Waals surface area contributed by atoms with Crippen molar-refractivity contribution in [2.45, 2.75) is 19.8 Å². The van der Waals surface area contributed by atoms with Crippen LogP contribution in [0.1, 0.15) is 16.1 Å². The predicted molar refractivity (Wildman–Crippen MR) is 139 cm³/mol. The summed E-state index contributed by atoms with van der Waals surface area (Å²) in [4.78, 5) is 34.3. The zero-order valence-corrected chi connectivity index (χ0v) is 20.5. The number of aryl methyl sites for hydroxylation is 1. The number of nitrogens with one attached hydrogen (secondary N) is 2. The first-order valence-electron chi connectivity index (χ1n) is 11.0. The van der Waals surface area contributed by atoms with E-state index in [1.165, 1.54) is 18.4 Å². The second-order valence-corrected chi connectivity index (χ2v) is 8.74. The Morgan fingerprint density at radius 1 is 1.17 bits per heavy atom. The summed E-state index contributed by atoms with van der Waals surface area (Å²) in [7, 11) is 3.30. The number of methoxy groups -OCH3 is 1. The Morgan fingerprint density at radius 3 is 2.71 bits per heavy atom. The lowest BCUT2D eigenvalue weighted by Crippen LogP contribution is -2.46. The average Bonchev–Trinajstić information content (AvgIpc) is 3.54. The fourth-order valence-corrected chi connectivity index (χ4v) is 4.26. The summed E-state index contributed by atoms with van der Waals surface area (Å²) in [5.74, 6) is -0.755. The van der Waals surface area contributed by atoms with E-state index in [1.807, 2.05) is 56.9 Å². The van der Waals surface area contributed by atoms with Crippen LogP contribution in [-0.2, 0) is 9.53 Å². The van der Waals surface area contributed by atoms with E-state index in [1.54, 1.807) is 29.1 Å². The maximum Gasteiger partial charge on any atom is 0.253 e. The zero-order chi connectivity index (χ0) is 24.8. The van der Waals surface area contributed by atoms with Crippen molar-refractivity contribution in [2.75, 3.05) is 19.0 Å². The number of nitrogens with zero attached hydrogens (tertiary/aromatic N) is 3. The van der Waals surface area contributed by atoms with Gasteiger partial charge in [0.05, 0.1) is 17.9 Å². The van der Waals surface area contributed by atoms with Crippen LogP contribution in [0.4, 0.5) is 5.13 Å². The molecule has 0 aliphatic rings. The fraction of sp³-hybridized carbons (Fsp3) is 0.200. The molecule has 8 nitrogen and oxygen atoms in total. The van der Waals surface area contributed by atoms with Crippen molar-refractivity contribution in [3.05, 3.63) is 77.7 Å².